The van der Waals surface area contributed by atoms with Crippen molar-refractivity contribution in [3.63, 3.8) is 0 Å². The fourth-order valence-electron chi connectivity index (χ4n) is 10.4. The van der Waals surface area contributed by atoms with E-state index in [-0.39, 0.29) is 12.1 Å². The number of rotatable bonds is 4. The Hall–Kier alpha value is -6.65. The number of hydrogen-bond donors (Lipinski definition) is 0. The van der Waals surface area contributed by atoms with Crippen LogP contribution in [0, 0.1) is 5.92 Å². The van der Waals surface area contributed by atoms with E-state index in [9.17, 15) is 0 Å². The standard InChI is InChI=1S/C52H37N4S/c1-2-12-33(13-3-1)54-45-18-8-5-15-37(45)41-29-34(23-26-49(41)54)55-46-19-9-4-14-36(46)40-28-32(22-25-48(40)55)44-31-43-38-16-6-10-20-47(38)56(52(43)53-44)35-24-27-51-42(30-35)39-17-7-11-21-50(39)57-51/h1-3,5-13,15-23,25-31,35,38,47H,4,14,24H2/q+1. The van der Waals surface area contributed by atoms with Crippen molar-refractivity contribution in [1.82, 2.24) is 18.7 Å². The average Bonchev–Trinajstić information content (AvgIpc) is 4.07. The van der Waals surface area contributed by atoms with Gasteiger partial charge in [0, 0.05) is 71.1 Å². The minimum atomic E-state index is 0.248. The van der Waals surface area contributed by atoms with E-state index in [1.165, 1.54) is 86.3 Å². The van der Waals surface area contributed by atoms with Crippen molar-refractivity contribution >= 4 is 83.9 Å². The van der Waals surface area contributed by atoms with Gasteiger partial charge >= 0.3 is 5.84 Å². The Morgan fingerprint density at radius 2 is 1.49 bits per heavy atom. The third-order valence-electron chi connectivity index (χ3n) is 12.9. The summed E-state index contributed by atoms with van der Waals surface area (Å²) in [6.45, 7) is 0. The highest BCUT2D eigenvalue weighted by atomic mass is 32.1. The first-order chi connectivity index (χ1) is 28.3. The van der Waals surface area contributed by atoms with Crippen LogP contribution < -0.4 is 14.4 Å². The van der Waals surface area contributed by atoms with Gasteiger partial charge in [0.25, 0.3) is 0 Å². The summed E-state index contributed by atoms with van der Waals surface area (Å²) < 4.78 is 13.2. The molecule has 8 aromatic rings. The van der Waals surface area contributed by atoms with Crippen LogP contribution in [0.4, 0.5) is 0 Å². The molecule has 5 heterocycles. The third-order valence-corrected chi connectivity index (χ3v) is 14.1. The summed E-state index contributed by atoms with van der Waals surface area (Å²) in [5.41, 5.74) is 12.4. The molecule has 0 N–H and O–H groups in total. The summed E-state index contributed by atoms with van der Waals surface area (Å²) in [5, 5.41) is 6.60. The van der Waals surface area contributed by atoms with Crippen LogP contribution in [-0.4, -0.2) is 37.7 Å². The summed E-state index contributed by atoms with van der Waals surface area (Å²) in [7, 11) is 0. The molecule has 2 aliphatic heterocycles. The van der Waals surface area contributed by atoms with Gasteiger partial charge in [0.2, 0.25) is 5.71 Å². The second-order valence-corrected chi connectivity index (χ2v) is 17.0. The van der Waals surface area contributed by atoms with Gasteiger partial charge in [0.05, 0.1) is 28.0 Å². The lowest BCUT2D eigenvalue weighted by Crippen LogP contribution is -2.45. The maximum atomic E-state index is 5.53. The number of nitrogens with zero attached hydrogens (tertiary/aromatic N) is 4. The van der Waals surface area contributed by atoms with Gasteiger partial charge in [0.1, 0.15) is 12.1 Å². The van der Waals surface area contributed by atoms with E-state index in [2.05, 4.69) is 184 Å². The Balaban J connectivity index is 0.950. The summed E-state index contributed by atoms with van der Waals surface area (Å²) in [5.74, 6) is 1.44. The zero-order valence-electron chi connectivity index (χ0n) is 31.2. The maximum absolute atomic E-state index is 5.53. The Bertz CT molecular complexity index is 3390. The molecule has 1 fully saturated rings. The molecule has 5 heteroatoms. The highest BCUT2D eigenvalue weighted by Crippen LogP contribution is 2.41. The van der Waals surface area contributed by atoms with Crippen molar-refractivity contribution < 1.29 is 0 Å². The topological polar surface area (TPSA) is 27.2 Å². The van der Waals surface area contributed by atoms with Crippen molar-refractivity contribution in [1.29, 1.82) is 0 Å². The maximum Gasteiger partial charge on any atom is 0.375 e. The molecule has 5 aromatic carbocycles. The van der Waals surface area contributed by atoms with Gasteiger partial charge in [-0.2, -0.15) is 0 Å². The number of likely N-dealkylation sites (tertiary alicyclic amines) is 1. The molecule has 0 amide bonds. The van der Waals surface area contributed by atoms with Gasteiger partial charge in [-0.15, -0.1) is 11.3 Å². The van der Waals surface area contributed by atoms with Gasteiger partial charge in [-0.3, -0.25) is 0 Å². The van der Waals surface area contributed by atoms with Crippen LogP contribution in [0.25, 0.3) is 72.4 Å². The number of benzene rings is 5. The molecule has 3 atom stereocenters. The monoisotopic (exact) mass is 749 g/mol. The predicted octanol–water partition coefficient (Wildman–Crippen LogP) is 9.56. The van der Waals surface area contributed by atoms with E-state index in [4.69, 9.17) is 4.67 Å². The lowest BCUT2D eigenvalue weighted by Gasteiger charge is -2.26. The number of thiophene rings is 1. The molecule has 3 unspecified atom stereocenters. The quantitative estimate of drug-likeness (QED) is 0.165. The van der Waals surface area contributed by atoms with Crippen molar-refractivity contribution in [3.8, 4) is 11.4 Å². The molecule has 3 aliphatic carbocycles. The molecule has 0 spiro atoms. The fraction of sp³-hybridized carbons (Fsp3) is 0.115. The fourth-order valence-corrected chi connectivity index (χ4v) is 11.5. The van der Waals surface area contributed by atoms with Crippen LogP contribution in [0.3, 0.4) is 0 Å². The van der Waals surface area contributed by atoms with E-state index < -0.39 is 0 Å². The molecular formula is C52H37N4S+. The number of allylic oxidation sites excluding steroid dienone is 4. The van der Waals surface area contributed by atoms with E-state index in [0.29, 0.717) is 5.92 Å². The van der Waals surface area contributed by atoms with Crippen molar-refractivity contribution in [2.75, 3.05) is 0 Å². The Morgan fingerprint density at radius 1 is 0.684 bits per heavy atom. The first-order valence-corrected chi connectivity index (χ1v) is 21.0. The lowest BCUT2D eigenvalue weighted by atomic mass is 9.90. The van der Waals surface area contributed by atoms with Crippen LogP contribution in [0.5, 0.6) is 0 Å². The van der Waals surface area contributed by atoms with Gasteiger partial charge in [-0.25, -0.2) is 9.57 Å². The van der Waals surface area contributed by atoms with E-state index >= 15 is 0 Å². The largest absolute Gasteiger partial charge is 0.375 e. The predicted molar refractivity (Wildman–Crippen MR) is 240 cm³/mol. The summed E-state index contributed by atoms with van der Waals surface area (Å²) >= 11 is 1.91. The zero-order chi connectivity index (χ0) is 37.2. The minimum absolute atomic E-state index is 0.248. The van der Waals surface area contributed by atoms with Crippen LogP contribution in [-0.2, 0) is 6.42 Å². The zero-order valence-corrected chi connectivity index (χ0v) is 32.0. The molecule has 13 rings (SSSR count). The number of aromatic nitrogens is 2. The molecule has 270 valence electrons. The van der Waals surface area contributed by atoms with E-state index in [0.717, 1.165) is 30.8 Å². The lowest BCUT2D eigenvalue weighted by molar-refractivity contribution is 0.322. The van der Waals surface area contributed by atoms with E-state index in [1.807, 2.05) is 11.3 Å². The number of fused-ring (bicyclic) bond motifs is 12. The van der Waals surface area contributed by atoms with Crippen LogP contribution >= 0.6 is 11.3 Å². The molecule has 4 nitrogen and oxygen atoms in total. The molecule has 0 saturated carbocycles. The first kappa shape index (κ1) is 31.5. The van der Waals surface area contributed by atoms with Gasteiger partial charge < -0.3 is 9.13 Å². The van der Waals surface area contributed by atoms with E-state index in [1.54, 1.807) is 0 Å². The summed E-state index contributed by atoms with van der Waals surface area (Å²) in [6.07, 6.45) is 24.3. The molecule has 1 saturated heterocycles. The normalized spacial score (nSPS) is 20.3. The first-order valence-electron chi connectivity index (χ1n) is 20.2. The molecular weight excluding hydrogens is 713 g/mol. The molecule has 0 radical (unpaired) electrons. The minimum Gasteiger partial charge on any atom is -0.310 e. The average molecular weight is 750 g/mol. The van der Waals surface area contributed by atoms with Crippen LogP contribution in [0.15, 0.2) is 157 Å². The van der Waals surface area contributed by atoms with Crippen molar-refractivity contribution in [3.05, 3.63) is 184 Å². The van der Waals surface area contributed by atoms with Gasteiger partial charge in [-0.1, -0.05) is 85.0 Å². The van der Waals surface area contributed by atoms with Crippen molar-refractivity contribution in [2.24, 2.45) is 5.92 Å². The van der Waals surface area contributed by atoms with Crippen LogP contribution in [0.1, 0.15) is 29.7 Å². The van der Waals surface area contributed by atoms with Crippen LogP contribution in [0.2, 0.25) is 0 Å². The molecule has 0 bridgehead atoms. The van der Waals surface area contributed by atoms with Crippen molar-refractivity contribution in [2.45, 2.75) is 31.3 Å². The Kier molecular flexibility index (Phi) is 6.60. The van der Waals surface area contributed by atoms with Gasteiger partial charge in [0.15, 0.2) is 0 Å². The third kappa shape index (κ3) is 4.53. The highest BCUT2D eigenvalue weighted by Gasteiger charge is 2.53. The number of hydrogen-bond acceptors (Lipinski definition) is 2. The number of aryl methyl sites for hydroxylation is 1. The number of amidine groups is 1. The molecule has 3 aromatic heterocycles. The summed E-state index contributed by atoms with van der Waals surface area (Å²) in [4.78, 5) is 2.61. The summed E-state index contributed by atoms with van der Waals surface area (Å²) in [6, 6.07) is 42.9. The number of para-hydroxylation sites is 2. The highest BCUT2D eigenvalue weighted by molar-refractivity contribution is 7.17. The van der Waals surface area contributed by atoms with Gasteiger partial charge in [-0.05, 0) is 97.3 Å². The SMILES string of the molecule is C1=CC2C3=CC(c4ccc5c(c4)c4c(n5-c5ccc6c(c5)c5ccccc5n6-c5ccccc5)C=CCC4)=[N+]=C3N(C3C=c4c(sc5ccccc45)=CC3)C2C=C1. The second-order valence-electron chi connectivity index (χ2n) is 15.9. The Morgan fingerprint density at radius 3 is 2.44 bits per heavy atom. The Labute approximate surface area is 333 Å². The smallest absolute Gasteiger partial charge is 0.310 e. The second kappa shape index (κ2) is 11.9. The molecule has 5 aliphatic rings. The molecule has 57 heavy (non-hydrogen) atoms.